The highest BCUT2D eigenvalue weighted by Gasteiger charge is 2.37. The zero-order chi connectivity index (χ0) is 22.1. The summed E-state index contributed by atoms with van der Waals surface area (Å²) < 4.78 is 6.10. The van der Waals surface area contributed by atoms with Crippen molar-refractivity contribution >= 4 is 29.5 Å². The van der Waals surface area contributed by atoms with Crippen LogP contribution < -0.4 is 10.1 Å². The van der Waals surface area contributed by atoms with Crippen molar-refractivity contribution in [2.45, 2.75) is 50.9 Å². The third-order valence-corrected chi connectivity index (χ3v) is 8.02. The lowest BCUT2D eigenvalue weighted by Crippen LogP contribution is -2.44. The van der Waals surface area contributed by atoms with E-state index in [0.717, 1.165) is 42.6 Å². The Labute approximate surface area is 205 Å². The fourth-order valence-electron chi connectivity index (χ4n) is 4.86. The molecule has 0 spiro atoms. The van der Waals surface area contributed by atoms with Crippen LogP contribution in [0.25, 0.3) is 10.4 Å². The number of nitrogens with one attached hydrogen (secondary N) is 1. The van der Waals surface area contributed by atoms with Gasteiger partial charge in [-0.25, -0.2) is 0 Å². The van der Waals surface area contributed by atoms with Crippen molar-refractivity contribution < 1.29 is 14.6 Å². The number of hydrogen-bond donors (Lipinski definition) is 2. The van der Waals surface area contributed by atoms with Gasteiger partial charge in [0.05, 0.1) is 0 Å². The third-order valence-electron chi connectivity index (χ3n) is 6.78. The molecular weight excluding hydrogens is 454 g/mol. The molecule has 174 valence electrons. The van der Waals surface area contributed by atoms with Crippen LogP contribution in [0.4, 0.5) is 0 Å². The molecule has 0 radical (unpaired) electrons. The van der Waals surface area contributed by atoms with Gasteiger partial charge in [-0.3, -0.25) is 4.79 Å². The van der Waals surface area contributed by atoms with Crippen LogP contribution in [0.1, 0.15) is 40.1 Å². The molecule has 1 saturated carbocycles. The predicted molar refractivity (Wildman–Crippen MR) is 136 cm³/mol. The van der Waals surface area contributed by atoms with Crippen molar-refractivity contribution in [3.63, 3.8) is 0 Å². The standard InChI is InChI=1S/C27H29NO3S.ClH/c1-17-7-5-6-10-22(17)31-23-13-12-21(27(23)30)28-16-19-11-14-24-20(26(19)29)15-25(32-24)18-8-3-2-4-9-18;/h2-10,15,19,21,23,27-28,30H,11-14,16H2,1H3;1H/t19?,21-,23-,27-;/m1./s1. The highest BCUT2D eigenvalue weighted by Crippen LogP contribution is 2.37. The fourth-order valence-corrected chi connectivity index (χ4v) is 6.05. The summed E-state index contributed by atoms with van der Waals surface area (Å²) in [6.45, 7) is 2.62. The van der Waals surface area contributed by atoms with Gasteiger partial charge in [0.1, 0.15) is 18.0 Å². The largest absolute Gasteiger partial charge is 0.487 e. The average Bonchev–Trinajstić information content (AvgIpc) is 3.40. The Kier molecular flexibility index (Phi) is 7.55. The summed E-state index contributed by atoms with van der Waals surface area (Å²) in [6.07, 6.45) is 2.67. The Balaban J connectivity index is 0.00000259. The summed E-state index contributed by atoms with van der Waals surface area (Å²) in [5, 5.41) is 14.3. The van der Waals surface area contributed by atoms with E-state index in [1.807, 2.05) is 49.4 Å². The number of carbonyl (C=O) groups is 1. The maximum Gasteiger partial charge on any atom is 0.168 e. The molecule has 2 aromatic carbocycles. The molecular formula is C27H30ClNO3S. The van der Waals surface area contributed by atoms with Crippen LogP contribution >= 0.6 is 23.7 Å². The molecule has 0 aliphatic heterocycles. The molecule has 0 saturated heterocycles. The van der Waals surface area contributed by atoms with Crippen molar-refractivity contribution in [1.82, 2.24) is 5.32 Å². The molecule has 0 amide bonds. The number of aryl methyl sites for hydroxylation is 2. The minimum Gasteiger partial charge on any atom is -0.487 e. The van der Waals surface area contributed by atoms with Crippen LogP contribution in [-0.4, -0.2) is 35.7 Å². The van der Waals surface area contributed by atoms with Gasteiger partial charge in [-0.1, -0.05) is 48.5 Å². The Hall–Kier alpha value is -2.18. The second-order valence-electron chi connectivity index (χ2n) is 8.92. The van der Waals surface area contributed by atoms with Crippen LogP contribution in [-0.2, 0) is 6.42 Å². The van der Waals surface area contributed by atoms with Crippen LogP contribution in [0.15, 0.2) is 60.7 Å². The number of fused-ring (bicyclic) bond motifs is 1. The summed E-state index contributed by atoms with van der Waals surface area (Å²) in [7, 11) is 0. The number of hydrogen-bond acceptors (Lipinski definition) is 5. The molecule has 0 bridgehead atoms. The van der Waals surface area contributed by atoms with Gasteiger partial charge in [0.2, 0.25) is 0 Å². The number of para-hydroxylation sites is 1. The first-order valence-electron chi connectivity index (χ1n) is 11.5. The first kappa shape index (κ1) is 24.0. The zero-order valence-electron chi connectivity index (χ0n) is 18.7. The van der Waals surface area contributed by atoms with E-state index in [2.05, 4.69) is 23.5 Å². The fraction of sp³-hybridized carbons (Fsp3) is 0.370. The lowest BCUT2D eigenvalue weighted by molar-refractivity contribution is 0.0438. The summed E-state index contributed by atoms with van der Waals surface area (Å²) in [5.41, 5.74) is 3.13. The molecule has 1 fully saturated rings. The smallest absolute Gasteiger partial charge is 0.168 e. The quantitative estimate of drug-likeness (QED) is 0.489. The number of rotatable bonds is 6. The lowest BCUT2D eigenvalue weighted by atomic mass is 9.86. The van der Waals surface area contributed by atoms with Crippen molar-refractivity contribution in [2.24, 2.45) is 5.92 Å². The van der Waals surface area contributed by atoms with Gasteiger partial charge < -0.3 is 15.2 Å². The van der Waals surface area contributed by atoms with Gasteiger partial charge in [-0.05, 0) is 55.9 Å². The molecule has 4 nitrogen and oxygen atoms in total. The van der Waals surface area contributed by atoms with E-state index < -0.39 is 6.10 Å². The molecule has 3 aromatic rings. The van der Waals surface area contributed by atoms with E-state index in [1.165, 1.54) is 15.3 Å². The van der Waals surface area contributed by atoms with Crippen molar-refractivity contribution in [3.8, 4) is 16.2 Å². The summed E-state index contributed by atoms with van der Waals surface area (Å²) in [6, 6.07) is 20.2. The monoisotopic (exact) mass is 483 g/mol. The van der Waals surface area contributed by atoms with Gasteiger partial charge in [-0.15, -0.1) is 23.7 Å². The summed E-state index contributed by atoms with van der Waals surface area (Å²) in [4.78, 5) is 15.5. The van der Waals surface area contributed by atoms with E-state index in [1.54, 1.807) is 11.3 Å². The molecule has 1 aromatic heterocycles. The predicted octanol–water partition coefficient (Wildman–Crippen LogP) is 5.45. The maximum absolute atomic E-state index is 13.2. The molecule has 4 atom stereocenters. The number of aliphatic hydroxyl groups is 1. The van der Waals surface area contributed by atoms with E-state index >= 15 is 0 Å². The first-order valence-corrected chi connectivity index (χ1v) is 12.3. The molecule has 1 heterocycles. The van der Waals surface area contributed by atoms with Crippen LogP contribution in [0, 0.1) is 12.8 Å². The Morgan fingerprint density at radius 3 is 2.61 bits per heavy atom. The molecule has 33 heavy (non-hydrogen) atoms. The topological polar surface area (TPSA) is 58.6 Å². The highest BCUT2D eigenvalue weighted by molar-refractivity contribution is 7.15. The van der Waals surface area contributed by atoms with E-state index in [9.17, 15) is 9.90 Å². The van der Waals surface area contributed by atoms with Gasteiger partial charge >= 0.3 is 0 Å². The number of aliphatic hydroxyl groups excluding tert-OH is 1. The van der Waals surface area contributed by atoms with Gasteiger partial charge in [-0.2, -0.15) is 0 Å². The van der Waals surface area contributed by atoms with Crippen LogP contribution in [0.5, 0.6) is 5.75 Å². The van der Waals surface area contributed by atoms with Crippen LogP contribution in [0.2, 0.25) is 0 Å². The number of Topliss-reactive ketones (excluding diaryl/α,β-unsaturated/α-hetero) is 1. The van der Waals surface area contributed by atoms with E-state index in [4.69, 9.17) is 4.74 Å². The normalized spacial score (nSPS) is 24.2. The Bertz CT molecular complexity index is 1100. The summed E-state index contributed by atoms with van der Waals surface area (Å²) >= 11 is 1.74. The molecule has 1 unspecified atom stereocenters. The maximum atomic E-state index is 13.2. The number of ketones is 1. The second-order valence-corrected chi connectivity index (χ2v) is 10.1. The van der Waals surface area contributed by atoms with Crippen LogP contribution in [0.3, 0.4) is 0 Å². The minimum atomic E-state index is -0.574. The highest BCUT2D eigenvalue weighted by atomic mass is 35.5. The molecule has 6 heteroatoms. The lowest BCUT2D eigenvalue weighted by Gasteiger charge is -2.26. The third kappa shape index (κ3) is 5.02. The summed E-state index contributed by atoms with van der Waals surface area (Å²) in [5.74, 6) is 1.03. The second kappa shape index (κ2) is 10.4. The molecule has 2 aliphatic carbocycles. The van der Waals surface area contributed by atoms with E-state index in [-0.39, 0.29) is 36.3 Å². The Morgan fingerprint density at radius 1 is 1.06 bits per heavy atom. The Morgan fingerprint density at radius 2 is 1.82 bits per heavy atom. The zero-order valence-corrected chi connectivity index (χ0v) is 20.3. The molecule has 2 N–H and O–H groups in total. The first-order chi connectivity index (χ1) is 15.6. The number of halogens is 1. The SMILES string of the molecule is Cc1ccccc1O[C@@H]1CC[C@@H](NCC2CCc3sc(-c4ccccc4)cc3C2=O)[C@H]1O.Cl. The van der Waals surface area contributed by atoms with Crippen molar-refractivity contribution in [3.05, 3.63) is 76.7 Å². The number of carbonyl (C=O) groups excluding carboxylic acids is 1. The minimum absolute atomic E-state index is 0. The molecule has 2 aliphatic rings. The van der Waals surface area contributed by atoms with Gasteiger partial charge in [0, 0.05) is 33.8 Å². The van der Waals surface area contributed by atoms with Gasteiger partial charge in [0.25, 0.3) is 0 Å². The average molecular weight is 484 g/mol. The van der Waals surface area contributed by atoms with Crippen molar-refractivity contribution in [1.29, 1.82) is 0 Å². The number of ether oxygens (including phenoxy) is 1. The number of benzene rings is 2. The van der Waals surface area contributed by atoms with E-state index in [0.29, 0.717) is 6.54 Å². The number of thiophene rings is 1. The molecule has 5 rings (SSSR count). The van der Waals surface area contributed by atoms with Crippen molar-refractivity contribution in [2.75, 3.05) is 6.54 Å². The van der Waals surface area contributed by atoms with Gasteiger partial charge in [0.15, 0.2) is 5.78 Å².